The van der Waals surface area contributed by atoms with Gasteiger partial charge in [-0.05, 0) is 48.2 Å². The van der Waals surface area contributed by atoms with Gasteiger partial charge in [0.05, 0.1) is 16.7 Å². The highest BCUT2D eigenvalue weighted by molar-refractivity contribution is 7.20. The fourth-order valence-corrected chi connectivity index (χ4v) is 3.23. The lowest BCUT2D eigenvalue weighted by molar-refractivity contribution is -0.104. The van der Waals surface area contributed by atoms with Gasteiger partial charge in [0.1, 0.15) is 6.07 Å². The van der Waals surface area contributed by atoms with Gasteiger partial charge in [-0.25, -0.2) is 0 Å². The maximum Gasteiger partial charge on any atom is 0.185 e. The Labute approximate surface area is 183 Å². The minimum atomic E-state index is 0.142. The molecule has 0 radical (unpaired) electrons. The highest BCUT2D eigenvalue weighted by Gasteiger charge is 1.97. The van der Waals surface area contributed by atoms with Crippen LogP contribution in [-0.4, -0.2) is 18.9 Å². The van der Waals surface area contributed by atoms with Gasteiger partial charge in [-0.2, -0.15) is 5.26 Å². The third-order valence-corrected chi connectivity index (χ3v) is 4.92. The first-order valence-corrected chi connectivity index (χ1v) is 9.97. The number of fused-ring (bicyclic) bond motifs is 1. The lowest BCUT2D eigenvalue weighted by Crippen LogP contribution is -1.80. The summed E-state index contributed by atoms with van der Waals surface area (Å²) in [5.74, 6) is 0.375. The number of aryl methyl sites for hydroxylation is 1. The Bertz CT molecular complexity index is 1160. The van der Waals surface area contributed by atoms with Crippen molar-refractivity contribution in [3.63, 3.8) is 0 Å². The van der Waals surface area contributed by atoms with Gasteiger partial charge in [0.2, 0.25) is 0 Å². The number of carbonyl (C=O) groups is 3. The van der Waals surface area contributed by atoms with Crippen LogP contribution in [0.4, 0.5) is 0 Å². The molecule has 0 aliphatic carbocycles. The number of rotatable bonds is 4. The van der Waals surface area contributed by atoms with Gasteiger partial charge in [-0.15, -0.1) is 11.3 Å². The van der Waals surface area contributed by atoms with Gasteiger partial charge in [0.15, 0.2) is 24.6 Å². The molecule has 0 spiro atoms. The molecule has 0 N–H and O–H groups in total. The van der Waals surface area contributed by atoms with E-state index in [-0.39, 0.29) is 5.57 Å². The number of nitrogens with zero attached hydrogens (tertiary/aromatic N) is 1. The second kappa shape index (κ2) is 12.5. The molecule has 0 amide bonds. The van der Waals surface area contributed by atoms with Gasteiger partial charge in [-0.3, -0.25) is 14.4 Å². The third kappa shape index (κ3) is 7.69. The Morgan fingerprint density at radius 3 is 2.23 bits per heavy atom. The Balaban J connectivity index is 0.000000172. The van der Waals surface area contributed by atoms with Crippen LogP contribution >= 0.6 is 11.3 Å². The molecule has 4 aromatic rings. The molecule has 0 atom stereocenters. The molecule has 2 aromatic heterocycles. The van der Waals surface area contributed by atoms with Gasteiger partial charge in [-0.1, -0.05) is 48.0 Å². The van der Waals surface area contributed by atoms with Crippen molar-refractivity contribution < 1.29 is 18.8 Å². The molecule has 0 saturated carbocycles. The van der Waals surface area contributed by atoms with Crippen molar-refractivity contribution >= 4 is 46.4 Å². The second-order valence-electron chi connectivity index (χ2n) is 6.18. The maximum absolute atomic E-state index is 10.4. The summed E-state index contributed by atoms with van der Waals surface area (Å²) < 4.78 is 5.79. The smallest absolute Gasteiger partial charge is 0.185 e. The molecule has 2 aromatic carbocycles. The van der Waals surface area contributed by atoms with E-state index in [9.17, 15) is 14.4 Å². The maximum atomic E-state index is 10.4. The Kier molecular flexibility index (Phi) is 9.34. The lowest BCUT2D eigenvalue weighted by atomic mass is 10.1. The summed E-state index contributed by atoms with van der Waals surface area (Å²) in [6.45, 7) is 1.98. The topological polar surface area (TPSA) is 88.1 Å². The average Bonchev–Trinajstić information content (AvgIpc) is 3.49. The van der Waals surface area contributed by atoms with E-state index in [0.29, 0.717) is 18.3 Å². The average molecular weight is 429 g/mol. The Morgan fingerprint density at radius 1 is 0.968 bits per heavy atom. The molecule has 0 bridgehead atoms. The fraction of sp³-hybridized carbons (Fsp3) is 0.0400. The van der Waals surface area contributed by atoms with Crippen LogP contribution in [0.2, 0.25) is 0 Å². The number of hydrogen-bond donors (Lipinski definition) is 0. The summed E-state index contributed by atoms with van der Waals surface area (Å²) in [6.07, 6.45) is 5.14. The Hall–Kier alpha value is -4.08. The molecule has 0 saturated heterocycles. The first kappa shape index (κ1) is 23.2. The zero-order valence-corrected chi connectivity index (χ0v) is 17.5. The third-order valence-electron chi connectivity index (χ3n) is 3.88. The SMILES string of the molecule is Cc1ccc(/C=C(\C#N)C=O)cc1.O=Cc1cc2ccccc2s1.O=Cc1ccco1. The van der Waals surface area contributed by atoms with E-state index in [1.807, 2.05) is 67.6 Å². The van der Waals surface area contributed by atoms with Crippen molar-refractivity contribution in [2.75, 3.05) is 0 Å². The predicted octanol–water partition coefficient (Wildman–Crippen LogP) is 5.91. The zero-order valence-electron chi connectivity index (χ0n) is 16.7. The van der Waals surface area contributed by atoms with Gasteiger partial charge in [0.25, 0.3) is 0 Å². The van der Waals surface area contributed by atoms with E-state index < -0.39 is 0 Å². The van der Waals surface area contributed by atoms with E-state index in [1.54, 1.807) is 18.2 Å². The van der Waals surface area contributed by atoms with E-state index in [0.717, 1.165) is 27.7 Å². The summed E-state index contributed by atoms with van der Waals surface area (Å²) in [5, 5.41) is 9.64. The van der Waals surface area contributed by atoms with Gasteiger partial charge < -0.3 is 4.42 Å². The van der Waals surface area contributed by atoms with E-state index >= 15 is 0 Å². The van der Waals surface area contributed by atoms with Crippen molar-refractivity contribution in [2.45, 2.75) is 6.92 Å². The molecule has 5 nitrogen and oxygen atoms in total. The molecule has 154 valence electrons. The van der Waals surface area contributed by atoms with Crippen LogP contribution in [0.1, 0.15) is 31.4 Å². The standard InChI is InChI=1S/C11H9NO.C9H6OS.C5H4O2/c1-9-2-4-10(5-3-9)6-11(7-12)8-13;10-6-8-5-7-3-1-2-4-9(7)11-8;6-4-5-2-1-3-7-5/h2-6,8H,1H3;1-6H;1-4H/b11-6+;;. The van der Waals surface area contributed by atoms with Crippen molar-refractivity contribution in [2.24, 2.45) is 0 Å². The van der Waals surface area contributed by atoms with Crippen LogP contribution in [0.5, 0.6) is 0 Å². The first-order valence-electron chi connectivity index (χ1n) is 9.15. The minimum absolute atomic E-state index is 0.142. The van der Waals surface area contributed by atoms with E-state index in [1.165, 1.54) is 22.3 Å². The largest absolute Gasteiger partial charge is 0.462 e. The van der Waals surface area contributed by atoms with Crippen molar-refractivity contribution in [3.8, 4) is 6.07 Å². The van der Waals surface area contributed by atoms with Crippen LogP contribution in [0.15, 0.2) is 83.0 Å². The molecule has 2 heterocycles. The second-order valence-corrected chi connectivity index (χ2v) is 7.29. The van der Waals surface area contributed by atoms with E-state index in [4.69, 9.17) is 5.26 Å². The molecule has 0 unspecified atom stereocenters. The molecular formula is C25H19NO4S. The monoisotopic (exact) mass is 429 g/mol. The summed E-state index contributed by atoms with van der Waals surface area (Å²) >= 11 is 1.53. The molecule has 31 heavy (non-hydrogen) atoms. The summed E-state index contributed by atoms with van der Waals surface area (Å²) in [6, 6.07) is 22.6. The van der Waals surface area contributed by atoms with Crippen LogP contribution in [-0.2, 0) is 4.79 Å². The summed E-state index contributed by atoms with van der Waals surface area (Å²) in [5.41, 5.74) is 2.17. The number of thiophene rings is 1. The molecule has 6 heteroatoms. The number of furan rings is 1. The van der Waals surface area contributed by atoms with Gasteiger partial charge in [0, 0.05) is 4.70 Å². The van der Waals surface area contributed by atoms with Crippen LogP contribution < -0.4 is 0 Å². The number of allylic oxidation sites excluding steroid dienone is 1. The first-order chi connectivity index (χ1) is 15.1. The number of benzene rings is 2. The van der Waals surface area contributed by atoms with E-state index in [2.05, 4.69) is 4.42 Å². The molecular weight excluding hydrogens is 410 g/mol. The van der Waals surface area contributed by atoms with Crippen LogP contribution in [0, 0.1) is 18.3 Å². The number of aldehydes is 3. The van der Waals surface area contributed by atoms with Crippen molar-refractivity contribution in [1.82, 2.24) is 0 Å². The summed E-state index contributed by atoms with van der Waals surface area (Å²) in [7, 11) is 0. The van der Waals surface area contributed by atoms with Gasteiger partial charge >= 0.3 is 0 Å². The lowest BCUT2D eigenvalue weighted by Gasteiger charge is -1.93. The van der Waals surface area contributed by atoms with Crippen LogP contribution in [0.25, 0.3) is 16.2 Å². The number of carbonyl (C=O) groups excluding carboxylic acids is 3. The molecule has 4 rings (SSSR count). The highest BCUT2D eigenvalue weighted by atomic mass is 32.1. The number of nitriles is 1. The summed E-state index contributed by atoms with van der Waals surface area (Å²) in [4.78, 5) is 31.3. The highest BCUT2D eigenvalue weighted by Crippen LogP contribution is 2.23. The zero-order chi connectivity index (χ0) is 22.5. The minimum Gasteiger partial charge on any atom is -0.462 e. The molecule has 0 aliphatic rings. The fourth-order valence-electron chi connectivity index (χ4n) is 2.35. The molecule has 0 fully saturated rings. The normalized spacial score (nSPS) is 10.0. The van der Waals surface area contributed by atoms with Crippen molar-refractivity contribution in [1.29, 1.82) is 5.26 Å². The van der Waals surface area contributed by atoms with Crippen LogP contribution in [0.3, 0.4) is 0 Å². The molecule has 0 aliphatic heterocycles. The predicted molar refractivity (Wildman–Crippen MR) is 122 cm³/mol. The quantitative estimate of drug-likeness (QED) is 0.229. The number of hydrogen-bond acceptors (Lipinski definition) is 6. The Morgan fingerprint density at radius 2 is 1.71 bits per heavy atom. The van der Waals surface area contributed by atoms with Crippen molar-refractivity contribution in [3.05, 3.63) is 100 Å².